The number of nitrogens with one attached hydrogen (secondary N) is 1. The Bertz CT molecular complexity index is 436. The zero-order valence-electron chi connectivity index (χ0n) is 7.38. The van der Waals surface area contributed by atoms with Crippen LogP contribution in [0.15, 0.2) is 18.3 Å². The quantitative estimate of drug-likeness (QED) is 0.782. The lowest BCUT2D eigenvalue weighted by Crippen LogP contribution is -2.24. The number of aromatic nitrogens is 1. The summed E-state index contributed by atoms with van der Waals surface area (Å²) in [6.07, 6.45) is -3.93. The molecule has 82 valence electrons. The molecule has 0 spiro atoms. The van der Waals surface area contributed by atoms with E-state index in [1.54, 1.807) is 0 Å². The number of hydrogen-bond acceptors (Lipinski definition) is 2. The number of aliphatic carboxylic acids is 1. The third-order valence-corrected chi connectivity index (χ3v) is 1.66. The molecule has 1 rings (SSSR count). The maximum atomic E-state index is 12.2. The number of halogens is 3. The summed E-state index contributed by atoms with van der Waals surface area (Å²) >= 11 is 0. The van der Waals surface area contributed by atoms with E-state index in [1.165, 1.54) is 0 Å². The van der Waals surface area contributed by atoms with Crippen LogP contribution in [0.25, 0.3) is 0 Å². The van der Waals surface area contributed by atoms with Gasteiger partial charge in [-0.05, 0) is 12.1 Å². The average Bonchev–Trinajstić information content (AvgIpc) is 2.06. The SMILES string of the molecule is N=c1ccc(C(F)(F)F)cn1CC(=O)O. The van der Waals surface area contributed by atoms with E-state index in [4.69, 9.17) is 10.5 Å². The molecule has 0 bridgehead atoms. The van der Waals surface area contributed by atoms with Crippen molar-refractivity contribution in [2.24, 2.45) is 0 Å². The van der Waals surface area contributed by atoms with Gasteiger partial charge in [-0.1, -0.05) is 0 Å². The van der Waals surface area contributed by atoms with Gasteiger partial charge in [-0.3, -0.25) is 10.2 Å². The molecule has 2 N–H and O–H groups in total. The van der Waals surface area contributed by atoms with E-state index in [0.717, 1.165) is 12.1 Å². The molecule has 1 heterocycles. The Kier molecular flexibility index (Phi) is 2.83. The van der Waals surface area contributed by atoms with Gasteiger partial charge in [0, 0.05) is 6.20 Å². The summed E-state index contributed by atoms with van der Waals surface area (Å²) in [5.74, 6) is -1.30. The molecule has 0 unspecified atom stereocenters. The van der Waals surface area contributed by atoms with Crippen LogP contribution in [0.4, 0.5) is 13.2 Å². The van der Waals surface area contributed by atoms with E-state index in [0.29, 0.717) is 10.8 Å². The molecule has 0 aliphatic rings. The highest BCUT2D eigenvalue weighted by Crippen LogP contribution is 2.27. The minimum Gasteiger partial charge on any atom is -0.480 e. The molecule has 0 atom stereocenters. The topological polar surface area (TPSA) is 66.1 Å². The summed E-state index contributed by atoms with van der Waals surface area (Å²) in [5.41, 5.74) is -1.26. The molecule has 0 aromatic carbocycles. The molecule has 0 aliphatic carbocycles. The zero-order valence-corrected chi connectivity index (χ0v) is 7.38. The molecule has 0 fully saturated rings. The largest absolute Gasteiger partial charge is 0.480 e. The number of hydrogen-bond donors (Lipinski definition) is 2. The van der Waals surface area contributed by atoms with Crippen molar-refractivity contribution in [3.05, 3.63) is 29.4 Å². The van der Waals surface area contributed by atoms with Crippen molar-refractivity contribution < 1.29 is 23.1 Å². The minimum atomic E-state index is -4.53. The Labute approximate surface area is 82.1 Å². The van der Waals surface area contributed by atoms with Crippen molar-refractivity contribution in [1.82, 2.24) is 4.57 Å². The molecule has 0 saturated carbocycles. The zero-order chi connectivity index (χ0) is 11.6. The van der Waals surface area contributed by atoms with Gasteiger partial charge in [0.05, 0.1) is 5.56 Å². The smallest absolute Gasteiger partial charge is 0.417 e. The Morgan fingerprint density at radius 3 is 2.53 bits per heavy atom. The molecular weight excluding hydrogens is 213 g/mol. The van der Waals surface area contributed by atoms with Crippen molar-refractivity contribution in [1.29, 1.82) is 5.41 Å². The molecule has 0 amide bonds. The monoisotopic (exact) mass is 220 g/mol. The highest BCUT2D eigenvalue weighted by atomic mass is 19.4. The first-order valence-corrected chi connectivity index (χ1v) is 3.85. The number of carboxylic acid groups (broad SMARTS) is 1. The van der Waals surface area contributed by atoms with Gasteiger partial charge in [0.1, 0.15) is 12.0 Å². The fourth-order valence-corrected chi connectivity index (χ4v) is 0.989. The van der Waals surface area contributed by atoms with Gasteiger partial charge in [0.2, 0.25) is 0 Å². The van der Waals surface area contributed by atoms with Crippen LogP contribution in [0.5, 0.6) is 0 Å². The number of carboxylic acids is 1. The summed E-state index contributed by atoms with van der Waals surface area (Å²) in [6, 6.07) is 1.65. The van der Waals surface area contributed by atoms with E-state index in [-0.39, 0.29) is 5.49 Å². The van der Waals surface area contributed by atoms with Crippen LogP contribution in [0.1, 0.15) is 5.56 Å². The van der Waals surface area contributed by atoms with E-state index < -0.39 is 24.3 Å². The molecule has 4 nitrogen and oxygen atoms in total. The normalized spacial score (nSPS) is 11.4. The maximum Gasteiger partial charge on any atom is 0.417 e. The minimum absolute atomic E-state index is 0.287. The summed E-state index contributed by atoms with van der Waals surface area (Å²) in [5, 5.41) is 15.6. The van der Waals surface area contributed by atoms with Crippen molar-refractivity contribution >= 4 is 5.97 Å². The molecule has 0 radical (unpaired) electrons. The van der Waals surface area contributed by atoms with Crippen molar-refractivity contribution in [3.63, 3.8) is 0 Å². The van der Waals surface area contributed by atoms with Crippen LogP contribution in [-0.4, -0.2) is 15.6 Å². The summed E-state index contributed by atoms with van der Waals surface area (Å²) in [7, 11) is 0. The van der Waals surface area contributed by atoms with Gasteiger partial charge in [-0.25, -0.2) is 0 Å². The van der Waals surface area contributed by atoms with Crippen LogP contribution < -0.4 is 5.49 Å². The van der Waals surface area contributed by atoms with Gasteiger partial charge >= 0.3 is 12.1 Å². The van der Waals surface area contributed by atoms with Gasteiger partial charge in [-0.2, -0.15) is 13.2 Å². The molecule has 1 aromatic rings. The van der Waals surface area contributed by atoms with E-state index in [2.05, 4.69) is 0 Å². The molecule has 15 heavy (non-hydrogen) atoms. The van der Waals surface area contributed by atoms with Crippen molar-refractivity contribution in [2.75, 3.05) is 0 Å². The fraction of sp³-hybridized carbons (Fsp3) is 0.250. The Morgan fingerprint density at radius 1 is 1.47 bits per heavy atom. The van der Waals surface area contributed by atoms with Gasteiger partial charge < -0.3 is 9.67 Å². The second kappa shape index (κ2) is 3.76. The Balaban J connectivity index is 3.17. The molecule has 0 aliphatic heterocycles. The fourth-order valence-electron chi connectivity index (χ4n) is 0.989. The number of carbonyl (C=O) groups is 1. The molecule has 7 heteroatoms. The van der Waals surface area contributed by atoms with Crippen LogP contribution in [0, 0.1) is 5.41 Å². The lowest BCUT2D eigenvalue weighted by Gasteiger charge is -2.09. The second-order valence-electron chi connectivity index (χ2n) is 2.82. The number of nitrogens with zero attached hydrogens (tertiary/aromatic N) is 1. The van der Waals surface area contributed by atoms with Gasteiger partial charge in [0.15, 0.2) is 0 Å². The van der Waals surface area contributed by atoms with E-state index in [9.17, 15) is 18.0 Å². The third-order valence-electron chi connectivity index (χ3n) is 1.66. The number of alkyl halides is 3. The van der Waals surface area contributed by atoms with Crippen molar-refractivity contribution in [3.8, 4) is 0 Å². The standard InChI is InChI=1S/C8H7F3N2O2/c9-8(10,11)5-1-2-6(12)13(3-5)4-7(14)15/h1-3,12H,4H2,(H,14,15). The van der Waals surface area contributed by atoms with E-state index in [1.807, 2.05) is 0 Å². The Morgan fingerprint density at radius 2 is 2.07 bits per heavy atom. The first-order valence-electron chi connectivity index (χ1n) is 3.85. The van der Waals surface area contributed by atoms with Gasteiger partial charge in [0.25, 0.3) is 0 Å². The first-order chi connectivity index (χ1) is 6.80. The summed E-state index contributed by atoms with van der Waals surface area (Å²) in [4.78, 5) is 10.3. The third kappa shape index (κ3) is 2.83. The van der Waals surface area contributed by atoms with Crippen LogP contribution in [0.2, 0.25) is 0 Å². The first kappa shape index (κ1) is 11.3. The lowest BCUT2D eigenvalue weighted by atomic mass is 10.3. The second-order valence-corrected chi connectivity index (χ2v) is 2.82. The number of rotatable bonds is 2. The predicted octanol–water partition coefficient (Wildman–Crippen LogP) is 1.07. The summed E-state index contributed by atoms with van der Waals surface area (Å²) in [6.45, 7) is -0.664. The van der Waals surface area contributed by atoms with Crippen LogP contribution in [0.3, 0.4) is 0 Å². The number of pyridine rings is 1. The highest BCUT2D eigenvalue weighted by molar-refractivity contribution is 5.66. The lowest BCUT2D eigenvalue weighted by molar-refractivity contribution is -0.140. The highest BCUT2D eigenvalue weighted by Gasteiger charge is 2.30. The molecular formula is C8H7F3N2O2. The van der Waals surface area contributed by atoms with Crippen LogP contribution >= 0.6 is 0 Å². The summed E-state index contributed by atoms with van der Waals surface area (Å²) < 4.78 is 37.4. The van der Waals surface area contributed by atoms with E-state index >= 15 is 0 Å². The Hall–Kier alpha value is -1.79. The van der Waals surface area contributed by atoms with Crippen LogP contribution in [-0.2, 0) is 17.5 Å². The van der Waals surface area contributed by atoms with Crippen molar-refractivity contribution in [2.45, 2.75) is 12.7 Å². The molecule has 1 aromatic heterocycles. The maximum absolute atomic E-state index is 12.2. The molecule has 0 saturated heterocycles. The van der Waals surface area contributed by atoms with Gasteiger partial charge in [-0.15, -0.1) is 0 Å². The predicted molar refractivity (Wildman–Crippen MR) is 42.9 cm³/mol. The average molecular weight is 220 g/mol.